The molecule has 0 aliphatic carbocycles. The molecule has 144 valence electrons. The highest BCUT2D eigenvalue weighted by atomic mass is 35.5. The fourth-order valence-electron chi connectivity index (χ4n) is 2.78. The fourth-order valence-corrected chi connectivity index (χ4v) is 2.96. The highest BCUT2D eigenvalue weighted by molar-refractivity contribution is 6.31. The van der Waals surface area contributed by atoms with Gasteiger partial charge in [-0.3, -0.25) is 4.79 Å². The summed E-state index contributed by atoms with van der Waals surface area (Å²) in [5.41, 5.74) is 4.30. The first-order valence-corrected chi connectivity index (χ1v) is 9.11. The van der Waals surface area contributed by atoms with E-state index in [0.29, 0.717) is 21.8 Å². The molecule has 1 amide bonds. The molecule has 0 heterocycles. The molecule has 28 heavy (non-hydrogen) atoms. The van der Waals surface area contributed by atoms with Crippen molar-refractivity contribution < 1.29 is 14.3 Å². The maximum Gasteiger partial charge on any atom is 0.253 e. The summed E-state index contributed by atoms with van der Waals surface area (Å²) in [5, 5.41) is 16.0. The van der Waals surface area contributed by atoms with Crippen LogP contribution in [0.3, 0.4) is 0 Å². The minimum absolute atomic E-state index is 0.139. The number of carbonyl (C=O) groups excluding carboxylic acids is 1. The summed E-state index contributed by atoms with van der Waals surface area (Å²) in [4.78, 5) is 12.8. The number of anilines is 2. The largest absolute Gasteiger partial charge is 0.505 e. The highest BCUT2D eigenvalue weighted by Crippen LogP contribution is 2.28. The quantitative estimate of drug-likeness (QED) is 0.533. The Balaban J connectivity index is 1.82. The topological polar surface area (TPSA) is 61.4 Å². The van der Waals surface area contributed by atoms with E-state index in [1.165, 1.54) is 12.1 Å². The summed E-state index contributed by atoms with van der Waals surface area (Å²) in [5.74, 6) is -1.43. The molecule has 4 nitrogen and oxygen atoms in total. The molecule has 0 atom stereocenters. The van der Waals surface area contributed by atoms with Crippen molar-refractivity contribution in [2.45, 2.75) is 20.4 Å². The van der Waals surface area contributed by atoms with E-state index in [2.05, 4.69) is 10.6 Å². The molecule has 0 saturated carbocycles. The van der Waals surface area contributed by atoms with Crippen LogP contribution in [0.1, 0.15) is 27.0 Å². The van der Waals surface area contributed by atoms with Crippen LogP contribution in [0.25, 0.3) is 0 Å². The molecular weight excluding hydrogens is 379 g/mol. The number of nitrogens with one attached hydrogen (secondary N) is 2. The summed E-state index contributed by atoms with van der Waals surface area (Å²) < 4.78 is 13.5. The van der Waals surface area contributed by atoms with Crippen LogP contribution in [0.4, 0.5) is 15.8 Å². The summed E-state index contributed by atoms with van der Waals surface area (Å²) in [7, 11) is 0. The standard InChI is InChI=1S/C22H20ClFN2O2/c1-13-6-8-20(26-19-5-3-4-17(23)14(19)2)16(10-13)22(28)25-12-15-7-9-21(27)18(24)11-15/h3-11,26-27H,12H2,1-2H3,(H,25,28). The Labute approximate surface area is 168 Å². The molecule has 3 aromatic rings. The zero-order valence-corrected chi connectivity index (χ0v) is 16.3. The predicted octanol–water partition coefficient (Wildman–Crippen LogP) is 5.48. The third kappa shape index (κ3) is 4.43. The minimum atomic E-state index is -0.721. The summed E-state index contributed by atoms with van der Waals surface area (Å²) in [6, 6.07) is 15.1. The van der Waals surface area contributed by atoms with Gasteiger partial charge in [-0.25, -0.2) is 4.39 Å². The second kappa shape index (κ2) is 8.31. The zero-order chi connectivity index (χ0) is 20.3. The van der Waals surface area contributed by atoms with Crippen molar-refractivity contribution in [3.8, 4) is 5.75 Å². The molecule has 0 fully saturated rings. The Morgan fingerprint density at radius 1 is 1.07 bits per heavy atom. The van der Waals surface area contributed by atoms with Gasteiger partial charge in [0.15, 0.2) is 11.6 Å². The fraction of sp³-hybridized carbons (Fsp3) is 0.136. The van der Waals surface area contributed by atoms with Crippen molar-refractivity contribution in [2.75, 3.05) is 5.32 Å². The molecule has 0 aliphatic rings. The third-order valence-electron chi connectivity index (χ3n) is 4.42. The van der Waals surface area contributed by atoms with E-state index in [1.54, 1.807) is 12.1 Å². The van der Waals surface area contributed by atoms with Crippen LogP contribution in [-0.4, -0.2) is 11.0 Å². The zero-order valence-electron chi connectivity index (χ0n) is 15.5. The van der Waals surface area contributed by atoms with Gasteiger partial charge < -0.3 is 15.7 Å². The van der Waals surface area contributed by atoms with Gasteiger partial charge in [-0.15, -0.1) is 0 Å². The third-order valence-corrected chi connectivity index (χ3v) is 4.83. The Morgan fingerprint density at radius 3 is 2.61 bits per heavy atom. The first-order chi connectivity index (χ1) is 13.3. The number of aromatic hydroxyl groups is 1. The van der Waals surface area contributed by atoms with E-state index in [1.807, 2.05) is 44.2 Å². The number of phenols is 1. The Bertz CT molecular complexity index is 1040. The van der Waals surface area contributed by atoms with Crippen LogP contribution >= 0.6 is 11.6 Å². The lowest BCUT2D eigenvalue weighted by atomic mass is 10.1. The van der Waals surface area contributed by atoms with E-state index >= 15 is 0 Å². The average molecular weight is 399 g/mol. The highest BCUT2D eigenvalue weighted by Gasteiger charge is 2.14. The van der Waals surface area contributed by atoms with Crippen molar-refractivity contribution in [2.24, 2.45) is 0 Å². The van der Waals surface area contributed by atoms with Crippen LogP contribution in [0, 0.1) is 19.7 Å². The van der Waals surface area contributed by atoms with Gasteiger partial charge >= 0.3 is 0 Å². The normalized spacial score (nSPS) is 10.6. The number of carbonyl (C=O) groups is 1. The van der Waals surface area contributed by atoms with Crippen molar-refractivity contribution in [1.82, 2.24) is 5.32 Å². The lowest BCUT2D eigenvalue weighted by Crippen LogP contribution is -2.24. The summed E-state index contributed by atoms with van der Waals surface area (Å²) in [6.45, 7) is 3.94. The molecule has 0 bridgehead atoms. The molecule has 0 radical (unpaired) electrons. The lowest BCUT2D eigenvalue weighted by Gasteiger charge is -2.15. The molecule has 3 rings (SSSR count). The van der Waals surface area contributed by atoms with Gasteiger partial charge in [0.05, 0.1) is 11.3 Å². The van der Waals surface area contributed by atoms with Gasteiger partial charge in [0.25, 0.3) is 5.91 Å². The molecule has 3 aromatic carbocycles. The lowest BCUT2D eigenvalue weighted by molar-refractivity contribution is 0.0951. The maximum atomic E-state index is 13.5. The van der Waals surface area contributed by atoms with Crippen LogP contribution in [0.5, 0.6) is 5.75 Å². The SMILES string of the molecule is Cc1ccc(Nc2cccc(Cl)c2C)c(C(=O)NCc2ccc(O)c(F)c2)c1. The van der Waals surface area contributed by atoms with Crippen LogP contribution < -0.4 is 10.6 Å². The maximum absolute atomic E-state index is 13.5. The van der Waals surface area contributed by atoms with Crippen molar-refractivity contribution in [3.63, 3.8) is 0 Å². The van der Waals surface area contributed by atoms with E-state index in [9.17, 15) is 14.3 Å². The van der Waals surface area contributed by atoms with E-state index < -0.39 is 11.6 Å². The minimum Gasteiger partial charge on any atom is -0.505 e. The molecule has 0 unspecified atom stereocenters. The van der Waals surface area contributed by atoms with E-state index in [0.717, 1.165) is 16.8 Å². The van der Waals surface area contributed by atoms with Crippen molar-refractivity contribution in [3.05, 3.63) is 87.7 Å². The van der Waals surface area contributed by atoms with E-state index in [-0.39, 0.29) is 12.5 Å². The summed E-state index contributed by atoms with van der Waals surface area (Å²) in [6.07, 6.45) is 0. The molecule has 0 aromatic heterocycles. The number of amides is 1. The monoisotopic (exact) mass is 398 g/mol. The van der Waals surface area contributed by atoms with Crippen molar-refractivity contribution >= 4 is 28.9 Å². The van der Waals surface area contributed by atoms with E-state index in [4.69, 9.17) is 11.6 Å². The molecular formula is C22H20ClFN2O2. The van der Waals surface area contributed by atoms with Gasteiger partial charge in [0.2, 0.25) is 0 Å². The van der Waals surface area contributed by atoms with Crippen LogP contribution in [0.15, 0.2) is 54.6 Å². The summed E-state index contributed by atoms with van der Waals surface area (Å²) >= 11 is 6.18. The molecule has 6 heteroatoms. The Hall–Kier alpha value is -3.05. The molecule has 3 N–H and O–H groups in total. The Morgan fingerprint density at radius 2 is 1.86 bits per heavy atom. The number of hydrogen-bond donors (Lipinski definition) is 3. The van der Waals surface area contributed by atoms with Gasteiger partial charge in [0, 0.05) is 17.3 Å². The molecule has 0 saturated heterocycles. The Kier molecular flexibility index (Phi) is 5.85. The number of aryl methyl sites for hydroxylation is 1. The molecule has 0 spiro atoms. The number of rotatable bonds is 5. The molecule has 0 aliphatic heterocycles. The average Bonchev–Trinajstić information content (AvgIpc) is 2.67. The predicted molar refractivity (Wildman–Crippen MR) is 110 cm³/mol. The number of benzene rings is 3. The van der Waals surface area contributed by atoms with Gasteiger partial charge in [-0.2, -0.15) is 0 Å². The van der Waals surface area contributed by atoms with Crippen LogP contribution in [0.2, 0.25) is 5.02 Å². The van der Waals surface area contributed by atoms with Gasteiger partial charge in [0.1, 0.15) is 0 Å². The van der Waals surface area contributed by atoms with Gasteiger partial charge in [-0.1, -0.05) is 35.4 Å². The first kappa shape index (κ1) is 19.7. The van der Waals surface area contributed by atoms with Gasteiger partial charge in [-0.05, 0) is 61.4 Å². The number of hydrogen-bond acceptors (Lipinski definition) is 3. The van der Waals surface area contributed by atoms with Crippen molar-refractivity contribution in [1.29, 1.82) is 0 Å². The number of phenolic OH excluding ortho intramolecular Hbond substituents is 1. The second-order valence-electron chi connectivity index (χ2n) is 6.55. The second-order valence-corrected chi connectivity index (χ2v) is 6.96. The van der Waals surface area contributed by atoms with Crippen LogP contribution in [-0.2, 0) is 6.54 Å². The smallest absolute Gasteiger partial charge is 0.253 e. The number of halogens is 2. The first-order valence-electron chi connectivity index (χ1n) is 8.73.